The van der Waals surface area contributed by atoms with Crippen LogP contribution in [0.15, 0.2) is 30.5 Å². The molecule has 0 saturated carbocycles. The van der Waals surface area contributed by atoms with Gasteiger partial charge in [0.15, 0.2) is 5.82 Å². The monoisotopic (exact) mass is 257 g/mol. The van der Waals surface area contributed by atoms with Crippen LogP contribution in [0.4, 0.5) is 5.82 Å². The second kappa shape index (κ2) is 5.13. The zero-order valence-electron chi connectivity index (χ0n) is 11.2. The second-order valence-electron chi connectivity index (χ2n) is 5.56. The van der Waals surface area contributed by atoms with Crippen molar-refractivity contribution >= 4 is 16.6 Å². The number of benzene rings is 1. The lowest BCUT2D eigenvalue weighted by molar-refractivity contribution is 0.0300. The van der Waals surface area contributed by atoms with Gasteiger partial charge in [0.1, 0.15) is 0 Å². The minimum absolute atomic E-state index is 0.289. The summed E-state index contributed by atoms with van der Waals surface area (Å²) in [5, 5.41) is 14.0. The normalized spacial score (nSPS) is 18.4. The first-order chi connectivity index (χ1) is 9.27. The van der Waals surface area contributed by atoms with Gasteiger partial charge in [-0.3, -0.25) is 0 Å². The Hall–Kier alpha value is -1.68. The van der Waals surface area contributed by atoms with E-state index < -0.39 is 0 Å². The van der Waals surface area contributed by atoms with Gasteiger partial charge in [-0.25, -0.2) is 0 Å². The van der Waals surface area contributed by atoms with E-state index in [1.807, 2.05) is 12.1 Å². The van der Waals surface area contributed by atoms with Crippen molar-refractivity contribution in [1.29, 1.82) is 0 Å². The van der Waals surface area contributed by atoms with Gasteiger partial charge in [-0.15, -0.1) is 5.10 Å². The van der Waals surface area contributed by atoms with E-state index in [9.17, 15) is 0 Å². The Morgan fingerprint density at radius 3 is 2.89 bits per heavy atom. The van der Waals surface area contributed by atoms with Crippen molar-refractivity contribution in [2.24, 2.45) is 5.41 Å². The molecule has 3 rings (SSSR count). The van der Waals surface area contributed by atoms with Crippen LogP contribution in [0.25, 0.3) is 10.8 Å². The van der Waals surface area contributed by atoms with Gasteiger partial charge in [-0.05, 0) is 18.3 Å². The highest BCUT2D eigenvalue weighted by Crippen LogP contribution is 2.30. The molecule has 4 heteroatoms. The van der Waals surface area contributed by atoms with E-state index in [4.69, 9.17) is 4.74 Å². The molecular weight excluding hydrogens is 238 g/mol. The third-order valence-corrected chi connectivity index (χ3v) is 3.95. The van der Waals surface area contributed by atoms with Gasteiger partial charge in [-0.2, -0.15) is 5.10 Å². The summed E-state index contributed by atoms with van der Waals surface area (Å²) < 4.78 is 5.43. The summed E-state index contributed by atoms with van der Waals surface area (Å²) >= 11 is 0. The van der Waals surface area contributed by atoms with Crippen molar-refractivity contribution in [3.05, 3.63) is 30.5 Å². The van der Waals surface area contributed by atoms with Crippen LogP contribution in [-0.2, 0) is 4.74 Å². The van der Waals surface area contributed by atoms with Gasteiger partial charge in [-0.1, -0.05) is 31.2 Å². The number of ether oxygens (including phenoxy) is 1. The van der Waals surface area contributed by atoms with Crippen LogP contribution in [0.3, 0.4) is 0 Å². The summed E-state index contributed by atoms with van der Waals surface area (Å²) in [6.07, 6.45) is 3.99. The highest BCUT2D eigenvalue weighted by atomic mass is 16.5. The lowest BCUT2D eigenvalue weighted by atomic mass is 9.82. The molecule has 0 bridgehead atoms. The molecule has 1 aromatic heterocycles. The van der Waals surface area contributed by atoms with E-state index >= 15 is 0 Å². The van der Waals surface area contributed by atoms with E-state index in [2.05, 4.69) is 34.6 Å². The molecule has 0 amide bonds. The van der Waals surface area contributed by atoms with Crippen LogP contribution >= 0.6 is 0 Å². The Kier molecular flexibility index (Phi) is 3.34. The summed E-state index contributed by atoms with van der Waals surface area (Å²) in [6.45, 7) is 4.94. The van der Waals surface area contributed by atoms with Gasteiger partial charge >= 0.3 is 0 Å². The number of hydrogen-bond acceptors (Lipinski definition) is 4. The molecule has 2 aromatic rings. The van der Waals surface area contributed by atoms with Gasteiger partial charge in [0, 0.05) is 30.5 Å². The third kappa shape index (κ3) is 2.68. The maximum Gasteiger partial charge on any atom is 0.156 e. The lowest BCUT2D eigenvalue weighted by Crippen LogP contribution is -2.33. The smallest absolute Gasteiger partial charge is 0.156 e. The molecule has 19 heavy (non-hydrogen) atoms. The maximum atomic E-state index is 5.43. The number of aromatic nitrogens is 2. The highest BCUT2D eigenvalue weighted by molar-refractivity contribution is 5.90. The molecular formula is C15H19N3O. The zero-order valence-corrected chi connectivity index (χ0v) is 11.2. The molecule has 1 aromatic carbocycles. The van der Waals surface area contributed by atoms with Gasteiger partial charge in [0.25, 0.3) is 0 Å². The summed E-state index contributed by atoms with van der Waals surface area (Å²) in [5.41, 5.74) is 0.289. The van der Waals surface area contributed by atoms with E-state index in [1.54, 1.807) is 6.20 Å². The number of nitrogens with one attached hydrogen (secondary N) is 1. The summed E-state index contributed by atoms with van der Waals surface area (Å²) in [7, 11) is 0. The van der Waals surface area contributed by atoms with Crippen molar-refractivity contribution < 1.29 is 4.74 Å². The first-order valence-corrected chi connectivity index (χ1v) is 6.79. The lowest BCUT2D eigenvalue weighted by Gasteiger charge is -2.33. The average molecular weight is 257 g/mol. The first kappa shape index (κ1) is 12.4. The summed E-state index contributed by atoms with van der Waals surface area (Å²) in [4.78, 5) is 0. The molecule has 1 aliphatic rings. The molecule has 0 aliphatic carbocycles. The molecule has 1 fully saturated rings. The molecule has 0 radical (unpaired) electrons. The van der Waals surface area contributed by atoms with Gasteiger partial charge < -0.3 is 10.1 Å². The topological polar surface area (TPSA) is 47.0 Å². The predicted octanol–water partition coefficient (Wildman–Crippen LogP) is 2.86. The van der Waals surface area contributed by atoms with Crippen molar-refractivity contribution in [2.45, 2.75) is 19.8 Å². The average Bonchev–Trinajstić information content (AvgIpc) is 2.46. The molecule has 0 spiro atoms. The molecule has 0 unspecified atom stereocenters. The highest BCUT2D eigenvalue weighted by Gasteiger charge is 2.27. The standard InChI is InChI=1S/C15H19N3O/c1-15(6-8-19-9-7-15)11-16-14-13-5-3-2-4-12(13)10-17-18-14/h2-5,10H,6-9,11H2,1H3,(H,16,18). The number of hydrogen-bond donors (Lipinski definition) is 1. The van der Waals surface area contributed by atoms with Gasteiger partial charge in [0.05, 0.1) is 6.20 Å². The van der Waals surface area contributed by atoms with Crippen LogP contribution in [0, 0.1) is 5.41 Å². The quantitative estimate of drug-likeness (QED) is 0.918. The van der Waals surface area contributed by atoms with Gasteiger partial charge in [0.2, 0.25) is 0 Å². The van der Waals surface area contributed by atoms with Crippen LogP contribution in [0.1, 0.15) is 19.8 Å². The van der Waals surface area contributed by atoms with Crippen molar-refractivity contribution in [3.63, 3.8) is 0 Å². The molecule has 1 N–H and O–H groups in total. The van der Waals surface area contributed by atoms with E-state index in [0.29, 0.717) is 0 Å². The Bertz CT molecular complexity index is 559. The Morgan fingerprint density at radius 1 is 1.26 bits per heavy atom. The first-order valence-electron chi connectivity index (χ1n) is 6.79. The second-order valence-corrected chi connectivity index (χ2v) is 5.56. The molecule has 1 saturated heterocycles. The summed E-state index contributed by atoms with van der Waals surface area (Å²) in [5.74, 6) is 0.880. The van der Waals surface area contributed by atoms with Crippen LogP contribution < -0.4 is 5.32 Å². The SMILES string of the molecule is CC1(CNc2nncc3ccccc23)CCOCC1. The minimum Gasteiger partial charge on any atom is -0.381 e. The van der Waals surface area contributed by atoms with Crippen LogP contribution in [0.2, 0.25) is 0 Å². The Balaban J connectivity index is 1.78. The van der Waals surface area contributed by atoms with Crippen LogP contribution in [-0.4, -0.2) is 30.0 Å². The zero-order chi connectivity index (χ0) is 13.1. The minimum atomic E-state index is 0.289. The predicted molar refractivity (Wildman–Crippen MR) is 76.2 cm³/mol. The number of fused-ring (bicyclic) bond motifs is 1. The summed E-state index contributed by atoms with van der Waals surface area (Å²) in [6, 6.07) is 8.20. The molecule has 1 aliphatic heterocycles. The number of anilines is 1. The number of rotatable bonds is 3. The molecule has 100 valence electrons. The van der Waals surface area contributed by atoms with Crippen LogP contribution in [0.5, 0.6) is 0 Å². The van der Waals surface area contributed by atoms with Crippen molar-refractivity contribution in [3.8, 4) is 0 Å². The fraction of sp³-hybridized carbons (Fsp3) is 0.467. The molecule has 2 heterocycles. The third-order valence-electron chi connectivity index (χ3n) is 3.95. The Morgan fingerprint density at radius 2 is 2.05 bits per heavy atom. The van der Waals surface area contributed by atoms with Crippen molar-refractivity contribution in [2.75, 3.05) is 25.1 Å². The van der Waals surface area contributed by atoms with E-state index in [1.165, 1.54) is 0 Å². The van der Waals surface area contributed by atoms with E-state index in [0.717, 1.165) is 49.2 Å². The Labute approximate surface area is 113 Å². The number of nitrogens with zero attached hydrogens (tertiary/aromatic N) is 2. The largest absolute Gasteiger partial charge is 0.381 e. The molecule has 4 nitrogen and oxygen atoms in total. The fourth-order valence-corrected chi connectivity index (χ4v) is 2.50. The fourth-order valence-electron chi connectivity index (χ4n) is 2.50. The molecule has 0 atom stereocenters. The maximum absolute atomic E-state index is 5.43. The van der Waals surface area contributed by atoms with Crippen molar-refractivity contribution in [1.82, 2.24) is 10.2 Å². The van der Waals surface area contributed by atoms with E-state index in [-0.39, 0.29) is 5.41 Å².